The summed E-state index contributed by atoms with van der Waals surface area (Å²) < 4.78 is 0.650. The average Bonchev–Trinajstić information content (AvgIpc) is 2.35. The first kappa shape index (κ1) is 15.8. The topological polar surface area (TPSA) is 83.7 Å². The van der Waals surface area contributed by atoms with Crippen molar-refractivity contribution in [1.82, 2.24) is 4.90 Å². The van der Waals surface area contributed by atoms with Crippen LogP contribution in [-0.4, -0.2) is 40.0 Å². The number of aliphatic hydroxyl groups excluding tert-OH is 1. The van der Waals surface area contributed by atoms with Gasteiger partial charge >= 0.3 is 0 Å². The van der Waals surface area contributed by atoms with Gasteiger partial charge in [-0.05, 0) is 42.5 Å². The second-order valence-electron chi connectivity index (χ2n) is 4.24. The highest BCUT2D eigenvalue weighted by molar-refractivity contribution is 14.1. The molecule has 0 atom stereocenters. The fourth-order valence-electron chi connectivity index (χ4n) is 1.65. The van der Waals surface area contributed by atoms with Crippen molar-refractivity contribution in [3.63, 3.8) is 0 Å². The van der Waals surface area contributed by atoms with Crippen molar-refractivity contribution in [3.8, 4) is 0 Å². The number of nitrogens with zero attached hydrogens (tertiary/aromatic N) is 2. The standard InChI is InChI=1S/C12H15IN2O4/c1-8(2)14(5-6-16)12(17)10-7-9(15(18)19)3-4-11(10)13/h3-4,7-8,16H,5-6H2,1-2H3. The molecule has 1 aromatic rings. The molecule has 0 spiro atoms. The number of hydrogen-bond donors (Lipinski definition) is 1. The number of carbonyl (C=O) groups excluding carboxylic acids is 1. The molecule has 104 valence electrons. The second-order valence-corrected chi connectivity index (χ2v) is 5.40. The number of aliphatic hydroxyl groups is 1. The van der Waals surface area contributed by atoms with E-state index in [-0.39, 0.29) is 36.4 Å². The summed E-state index contributed by atoms with van der Waals surface area (Å²) in [5, 5.41) is 19.7. The van der Waals surface area contributed by atoms with Crippen LogP contribution >= 0.6 is 22.6 Å². The van der Waals surface area contributed by atoms with E-state index in [4.69, 9.17) is 5.11 Å². The summed E-state index contributed by atoms with van der Waals surface area (Å²) in [4.78, 5) is 24.1. The summed E-state index contributed by atoms with van der Waals surface area (Å²) in [7, 11) is 0. The fraction of sp³-hybridized carbons (Fsp3) is 0.417. The first-order valence-corrected chi connectivity index (χ1v) is 6.82. The highest BCUT2D eigenvalue weighted by atomic mass is 127. The number of rotatable bonds is 5. The average molecular weight is 378 g/mol. The zero-order valence-electron chi connectivity index (χ0n) is 10.7. The Kier molecular flexibility index (Phi) is 5.67. The number of carbonyl (C=O) groups is 1. The first-order valence-electron chi connectivity index (χ1n) is 5.74. The molecule has 0 bridgehead atoms. The molecule has 0 aliphatic heterocycles. The summed E-state index contributed by atoms with van der Waals surface area (Å²) in [6, 6.07) is 4.10. The third kappa shape index (κ3) is 3.87. The Bertz CT molecular complexity index is 491. The molecule has 0 fully saturated rings. The minimum absolute atomic E-state index is 0.0882. The maximum absolute atomic E-state index is 12.4. The van der Waals surface area contributed by atoms with Gasteiger partial charge in [-0.3, -0.25) is 14.9 Å². The van der Waals surface area contributed by atoms with Gasteiger partial charge in [0.25, 0.3) is 11.6 Å². The third-order valence-electron chi connectivity index (χ3n) is 2.62. The summed E-state index contributed by atoms with van der Waals surface area (Å²) >= 11 is 1.97. The minimum atomic E-state index is -0.529. The normalized spacial score (nSPS) is 10.6. The van der Waals surface area contributed by atoms with E-state index in [1.807, 2.05) is 36.4 Å². The lowest BCUT2D eigenvalue weighted by Gasteiger charge is -2.26. The fourth-order valence-corrected chi connectivity index (χ4v) is 2.21. The largest absolute Gasteiger partial charge is 0.395 e. The van der Waals surface area contributed by atoms with E-state index in [0.29, 0.717) is 3.57 Å². The molecule has 1 N–H and O–H groups in total. The zero-order valence-corrected chi connectivity index (χ0v) is 12.8. The highest BCUT2D eigenvalue weighted by Gasteiger charge is 2.22. The van der Waals surface area contributed by atoms with Gasteiger partial charge in [0.2, 0.25) is 0 Å². The molecule has 0 saturated carbocycles. The molecular formula is C12H15IN2O4. The zero-order chi connectivity index (χ0) is 14.6. The van der Waals surface area contributed by atoms with Crippen LogP contribution in [0, 0.1) is 13.7 Å². The number of amides is 1. The molecule has 0 unspecified atom stereocenters. The van der Waals surface area contributed by atoms with Crippen LogP contribution in [0.1, 0.15) is 24.2 Å². The van der Waals surface area contributed by atoms with Crippen LogP contribution in [0.3, 0.4) is 0 Å². The quantitative estimate of drug-likeness (QED) is 0.483. The number of nitro benzene ring substituents is 1. The van der Waals surface area contributed by atoms with Gasteiger partial charge < -0.3 is 10.0 Å². The maximum atomic E-state index is 12.4. The number of benzene rings is 1. The Hall–Kier alpha value is -1.22. The molecular weight excluding hydrogens is 363 g/mol. The number of non-ortho nitro benzene ring substituents is 1. The summed E-state index contributed by atoms with van der Waals surface area (Å²) in [5.41, 5.74) is 0.174. The van der Waals surface area contributed by atoms with Gasteiger partial charge in [0.1, 0.15) is 0 Å². The Morgan fingerprint density at radius 3 is 2.63 bits per heavy atom. The molecule has 6 nitrogen and oxygen atoms in total. The van der Waals surface area contributed by atoms with Crippen LogP contribution in [0.4, 0.5) is 5.69 Å². The van der Waals surface area contributed by atoms with Crippen LogP contribution < -0.4 is 0 Å². The van der Waals surface area contributed by atoms with Crippen molar-refractivity contribution in [2.45, 2.75) is 19.9 Å². The molecule has 1 rings (SSSR count). The van der Waals surface area contributed by atoms with Crippen molar-refractivity contribution in [3.05, 3.63) is 37.4 Å². The smallest absolute Gasteiger partial charge is 0.270 e. The van der Waals surface area contributed by atoms with Gasteiger partial charge in [-0.25, -0.2) is 0 Å². The van der Waals surface area contributed by atoms with Gasteiger partial charge in [0.05, 0.1) is 17.1 Å². The summed E-state index contributed by atoms with van der Waals surface area (Å²) in [6.07, 6.45) is 0. The van der Waals surface area contributed by atoms with Crippen LogP contribution in [0.5, 0.6) is 0 Å². The highest BCUT2D eigenvalue weighted by Crippen LogP contribution is 2.21. The predicted octanol–water partition coefficient (Wildman–Crippen LogP) is 2.04. The third-order valence-corrected chi connectivity index (χ3v) is 3.56. The summed E-state index contributed by atoms with van der Waals surface area (Å²) in [6.45, 7) is 3.72. The lowest BCUT2D eigenvalue weighted by molar-refractivity contribution is -0.384. The Morgan fingerprint density at radius 2 is 2.16 bits per heavy atom. The molecule has 0 heterocycles. The van der Waals surface area contributed by atoms with Crippen LogP contribution in [-0.2, 0) is 0 Å². The lowest BCUT2D eigenvalue weighted by Crippen LogP contribution is -2.39. The molecule has 0 aliphatic carbocycles. The molecule has 7 heteroatoms. The van der Waals surface area contributed by atoms with Crippen molar-refractivity contribution in [1.29, 1.82) is 0 Å². The van der Waals surface area contributed by atoms with Gasteiger partial charge in [-0.1, -0.05) is 0 Å². The Labute approximate surface area is 124 Å². The van der Waals surface area contributed by atoms with Crippen molar-refractivity contribution < 1.29 is 14.8 Å². The molecule has 0 aromatic heterocycles. The van der Waals surface area contributed by atoms with Gasteiger partial charge in [0, 0.05) is 28.3 Å². The first-order chi connectivity index (χ1) is 8.88. The van der Waals surface area contributed by atoms with E-state index >= 15 is 0 Å². The molecule has 19 heavy (non-hydrogen) atoms. The lowest BCUT2D eigenvalue weighted by atomic mass is 10.1. The van der Waals surface area contributed by atoms with Crippen molar-refractivity contribution in [2.24, 2.45) is 0 Å². The maximum Gasteiger partial charge on any atom is 0.270 e. The molecule has 0 aliphatic rings. The molecule has 0 saturated heterocycles. The van der Waals surface area contributed by atoms with Crippen LogP contribution in [0.15, 0.2) is 18.2 Å². The second kappa shape index (κ2) is 6.80. The molecule has 1 aromatic carbocycles. The predicted molar refractivity (Wildman–Crippen MR) is 79.1 cm³/mol. The van der Waals surface area contributed by atoms with E-state index < -0.39 is 4.92 Å². The van der Waals surface area contributed by atoms with Gasteiger partial charge in [-0.15, -0.1) is 0 Å². The number of nitro groups is 1. The number of halogens is 1. The Morgan fingerprint density at radius 1 is 1.53 bits per heavy atom. The van der Waals surface area contributed by atoms with Crippen molar-refractivity contribution in [2.75, 3.05) is 13.2 Å². The number of hydrogen-bond acceptors (Lipinski definition) is 4. The van der Waals surface area contributed by atoms with Crippen molar-refractivity contribution >= 4 is 34.2 Å². The summed E-state index contributed by atoms with van der Waals surface area (Å²) in [5.74, 6) is -0.308. The Balaban J connectivity index is 3.16. The SMILES string of the molecule is CC(C)N(CCO)C(=O)c1cc([N+](=O)[O-])ccc1I. The van der Waals surface area contributed by atoms with Crippen LogP contribution in [0.25, 0.3) is 0 Å². The van der Waals surface area contributed by atoms with Gasteiger partial charge in [-0.2, -0.15) is 0 Å². The van der Waals surface area contributed by atoms with E-state index in [1.165, 1.54) is 17.0 Å². The monoisotopic (exact) mass is 378 g/mol. The van der Waals surface area contributed by atoms with Gasteiger partial charge in [0.15, 0.2) is 0 Å². The van der Waals surface area contributed by atoms with E-state index in [0.717, 1.165) is 0 Å². The van der Waals surface area contributed by atoms with E-state index in [2.05, 4.69) is 0 Å². The van der Waals surface area contributed by atoms with E-state index in [1.54, 1.807) is 6.07 Å². The molecule has 1 amide bonds. The van der Waals surface area contributed by atoms with E-state index in [9.17, 15) is 14.9 Å². The van der Waals surface area contributed by atoms with Crippen LogP contribution in [0.2, 0.25) is 0 Å². The molecule has 0 radical (unpaired) electrons. The minimum Gasteiger partial charge on any atom is -0.395 e.